The maximum atomic E-state index is 13.7. The fourth-order valence-corrected chi connectivity index (χ4v) is 3.83. The zero-order chi connectivity index (χ0) is 15.5. The summed E-state index contributed by atoms with van der Waals surface area (Å²) in [5.41, 5.74) is 1.67. The molecule has 3 rings (SSSR count). The number of benzene rings is 1. The molecule has 1 aliphatic heterocycles. The number of rotatable bonds is 5. The molecule has 1 fully saturated rings. The Balaban J connectivity index is 1.66. The molecule has 2 heterocycles. The van der Waals surface area contributed by atoms with Crippen LogP contribution in [-0.4, -0.2) is 28.9 Å². The molecule has 1 saturated heterocycles. The molecule has 116 valence electrons. The minimum absolute atomic E-state index is 0.167. The Kier molecular flexibility index (Phi) is 4.52. The highest BCUT2D eigenvalue weighted by atomic mass is 32.1. The minimum atomic E-state index is -0.167. The number of aromatic nitrogens is 1. The molecule has 1 aromatic carbocycles. The molecule has 0 bridgehead atoms. The number of nitrogens with zero attached hydrogens (tertiary/aromatic N) is 2. The highest BCUT2D eigenvalue weighted by molar-refractivity contribution is 7.11. The van der Waals surface area contributed by atoms with Crippen LogP contribution >= 0.6 is 11.3 Å². The number of amides is 1. The summed E-state index contributed by atoms with van der Waals surface area (Å²) in [5, 5.41) is 1.03. The lowest BCUT2D eigenvalue weighted by Crippen LogP contribution is -2.26. The molecule has 0 radical (unpaired) electrons. The largest absolute Gasteiger partial charge is 0.342 e. The average Bonchev–Trinajstić information content (AvgIpc) is 3.06. The number of hydrogen-bond donors (Lipinski definition) is 0. The summed E-state index contributed by atoms with van der Waals surface area (Å²) in [5.74, 6) is 0.0828. The van der Waals surface area contributed by atoms with Crippen molar-refractivity contribution in [2.75, 3.05) is 13.1 Å². The molecule has 1 amide bonds. The van der Waals surface area contributed by atoms with E-state index < -0.39 is 0 Å². The second-order valence-corrected chi connectivity index (χ2v) is 6.79. The smallest absolute Gasteiger partial charge is 0.222 e. The first-order chi connectivity index (χ1) is 10.6. The van der Waals surface area contributed by atoms with Gasteiger partial charge in [-0.3, -0.25) is 4.79 Å². The van der Waals surface area contributed by atoms with Crippen LogP contribution in [0.4, 0.5) is 4.39 Å². The summed E-state index contributed by atoms with van der Waals surface area (Å²) >= 11 is 1.63. The third kappa shape index (κ3) is 3.35. The van der Waals surface area contributed by atoms with Crippen LogP contribution in [0.2, 0.25) is 0 Å². The first-order valence-corrected chi connectivity index (χ1v) is 8.41. The second-order valence-electron chi connectivity index (χ2n) is 5.62. The van der Waals surface area contributed by atoms with Crippen LogP contribution in [0, 0.1) is 12.7 Å². The second kappa shape index (κ2) is 6.57. The van der Waals surface area contributed by atoms with Crippen LogP contribution in [0.25, 0.3) is 0 Å². The molecule has 1 aromatic heterocycles. The Bertz CT molecular complexity index is 683. The lowest BCUT2D eigenvalue weighted by Gasteiger charge is -2.13. The first-order valence-electron chi connectivity index (χ1n) is 7.60. The van der Waals surface area contributed by atoms with Gasteiger partial charge in [-0.2, -0.15) is 0 Å². The van der Waals surface area contributed by atoms with Crippen LogP contribution in [0.3, 0.4) is 0 Å². The third-order valence-electron chi connectivity index (χ3n) is 4.01. The lowest BCUT2D eigenvalue weighted by atomic mass is 10.1. The molecule has 0 aliphatic carbocycles. The Labute approximate surface area is 133 Å². The quantitative estimate of drug-likeness (QED) is 0.847. The van der Waals surface area contributed by atoms with Crippen molar-refractivity contribution in [3.63, 3.8) is 0 Å². The van der Waals surface area contributed by atoms with Crippen molar-refractivity contribution in [3.8, 4) is 0 Å². The molecule has 22 heavy (non-hydrogen) atoms. The monoisotopic (exact) mass is 318 g/mol. The SMILES string of the molecule is Cc1nc(CCN2CCCC2=O)sc1Cc1ccccc1F. The van der Waals surface area contributed by atoms with E-state index >= 15 is 0 Å². The molecule has 0 unspecified atom stereocenters. The predicted molar refractivity (Wildman–Crippen MR) is 85.6 cm³/mol. The maximum Gasteiger partial charge on any atom is 0.222 e. The molecule has 3 nitrogen and oxygen atoms in total. The molecule has 0 atom stereocenters. The van der Waals surface area contributed by atoms with Gasteiger partial charge in [-0.1, -0.05) is 18.2 Å². The number of aryl methyl sites for hydroxylation is 1. The van der Waals surface area contributed by atoms with Gasteiger partial charge in [0.1, 0.15) is 5.82 Å². The van der Waals surface area contributed by atoms with E-state index in [9.17, 15) is 9.18 Å². The van der Waals surface area contributed by atoms with Gasteiger partial charge in [0.2, 0.25) is 5.91 Å². The summed E-state index contributed by atoms with van der Waals surface area (Å²) in [6.45, 7) is 3.58. The van der Waals surface area contributed by atoms with E-state index in [4.69, 9.17) is 0 Å². The predicted octanol–water partition coefficient (Wildman–Crippen LogP) is 3.35. The number of likely N-dealkylation sites (tertiary alicyclic amines) is 1. The van der Waals surface area contributed by atoms with Crippen LogP contribution in [0.15, 0.2) is 24.3 Å². The van der Waals surface area contributed by atoms with E-state index in [1.54, 1.807) is 17.4 Å². The minimum Gasteiger partial charge on any atom is -0.342 e. The van der Waals surface area contributed by atoms with E-state index in [1.807, 2.05) is 24.0 Å². The van der Waals surface area contributed by atoms with Gasteiger partial charge in [-0.15, -0.1) is 11.3 Å². The van der Waals surface area contributed by atoms with E-state index in [0.717, 1.165) is 41.5 Å². The molecule has 0 saturated carbocycles. The van der Waals surface area contributed by atoms with Gasteiger partial charge >= 0.3 is 0 Å². The summed E-state index contributed by atoms with van der Waals surface area (Å²) in [6.07, 6.45) is 3.01. The zero-order valence-electron chi connectivity index (χ0n) is 12.6. The van der Waals surface area contributed by atoms with E-state index in [2.05, 4.69) is 4.98 Å². The fraction of sp³-hybridized carbons (Fsp3) is 0.412. The fourth-order valence-electron chi connectivity index (χ4n) is 2.75. The summed E-state index contributed by atoms with van der Waals surface area (Å²) in [4.78, 5) is 19.2. The molecular weight excluding hydrogens is 299 g/mol. The molecule has 0 N–H and O–H groups in total. The van der Waals surface area contributed by atoms with Crippen LogP contribution in [-0.2, 0) is 17.6 Å². The topological polar surface area (TPSA) is 33.2 Å². The van der Waals surface area contributed by atoms with Crippen LogP contribution in [0.1, 0.15) is 34.0 Å². The molecule has 0 spiro atoms. The maximum absolute atomic E-state index is 13.7. The number of carbonyl (C=O) groups excluding carboxylic acids is 1. The summed E-state index contributed by atoms with van der Waals surface area (Å²) < 4.78 is 13.7. The van der Waals surface area contributed by atoms with Crippen molar-refractivity contribution in [2.45, 2.75) is 32.6 Å². The Hall–Kier alpha value is -1.75. The van der Waals surface area contributed by atoms with Gasteiger partial charge in [0.05, 0.1) is 10.7 Å². The molecule has 2 aromatic rings. The zero-order valence-corrected chi connectivity index (χ0v) is 13.5. The Morgan fingerprint density at radius 2 is 2.18 bits per heavy atom. The number of halogens is 1. The van der Waals surface area contributed by atoms with E-state index in [0.29, 0.717) is 18.4 Å². The van der Waals surface area contributed by atoms with Gasteiger partial charge in [0.25, 0.3) is 0 Å². The standard InChI is InChI=1S/C17H19FN2OS/c1-12-15(11-13-5-2-3-6-14(13)18)22-16(19-12)8-10-20-9-4-7-17(20)21/h2-3,5-6H,4,7-11H2,1H3. The van der Waals surface area contributed by atoms with Crippen molar-refractivity contribution >= 4 is 17.2 Å². The van der Waals surface area contributed by atoms with Crippen molar-refractivity contribution in [1.29, 1.82) is 0 Å². The van der Waals surface area contributed by atoms with Crippen LogP contribution in [0.5, 0.6) is 0 Å². The van der Waals surface area contributed by atoms with Gasteiger partial charge < -0.3 is 4.90 Å². The van der Waals surface area contributed by atoms with Crippen molar-refractivity contribution in [2.24, 2.45) is 0 Å². The van der Waals surface area contributed by atoms with Gasteiger partial charge in [0.15, 0.2) is 0 Å². The van der Waals surface area contributed by atoms with E-state index in [1.165, 1.54) is 6.07 Å². The van der Waals surface area contributed by atoms with Gasteiger partial charge in [-0.25, -0.2) is 9.37 Å². The molecular formula is C17H19FN2OS. The third-order valence-corrected chi connectivity index (χ3v) is 5.23. The average molecular weight is 318 g/mol. The van der Waals surface area contributed by atoms with Gasteiger partial charge in [-0.05, 0) is 25.0 Å². The van der Waals surface area contributed by atoms with Gasteiger partial charge in [0, 0.05) is 37.2 Å². The number of hydrogen-bond acceptors (Lipinski definition) is 3. The number of thiazole rings is 1. The van der Waals surface area contributed by atoms with Crippen LogP contribution < -0.4 is 0 Å². The Morgan fingerprint density at radius 1 is 1.36 bits per heavy atom. The van der Waals surface area contributed by atoms with Crippen molar-refractivity contribution in [3.05, 3.63) is 51.2 Å². The van der Waals surface area contributed by atoms with Crippen molar-refractivity contribution < 1.29 is 9.18 Å². The molecule has 5 heteroatoms. The molecule has 1 aliphatic rings. The normalized spacial score (nSPS) is 14.8. The Morgan fingerprint density at radius 3 is 2.91 bits per heavy atom. The summed E-state index contributed by atoms with van der Waals surface area (Å²) in [6, 6.07) is 6.87. The lowest BCUT2D eigenvalue weighted by molar-refractivity contribution is -0.127. The van der Waals surface area contributed by atoms with Crippen molar-refractivity contribution in [1.82, 2.24) is 9.88 Å². The highest BCUT2D eigenvalue weighted by Crippen LogP contribution is 2.23. The van der Waals surface area contributed by atoms with E-state index in [-0.39, 0.29) is 11.7 Å². The first kappa shape index (κ1) is 15.2. The summed E-state index contributed by atoms with van der Waals surface area (Å²) in [7, 11) is 0. The highest BCUT2D eigenvalue weighted by Gasteiger charge is 2.20. The number of carbonyl (C=O) groups is 1.